The van der Waals surface area contributed by atoms with E-state index >= 15 is 0 Å². The third kappa shape index (κ3) is 2.06. The lowest BCUT2D eigenvalue weighted by Gasteiger charge is -2.01. The molecule has 88 valence electrons. The molecule has 0 amide bonds. The van der Waals surface area contributed by atoms with Crippen LogP contribution < -0.4 is 0 Å². The Morgan fingerprint density at radius 2 is 1.94 bits per heavy atom. The zero-order valence-electron chi connectivity index (χ0n) is 9.68. The number of rotatable bonds is 3. The zero-order chi connectivity index (χ0) is 12.4. The summed E-state index contributed by atoms with van der Waals surface area (Å²) < 4.78 is 5.17. The number of hydrogen-bond donors (Lipinski definition) is 1. The number of aromatic carboxylic acids is 1. The fourth-order valence-corrected chi connectivity index (χ4v) is 1.69. The summed E-state index contributed by atoms with van der Waals surface area (Å²) in [7, 11) is 0. The molecule has 0 saturated heterocycles. The number of carboxylic acids is 1. The molecule has 1 N–H and O–H groups in total. The molecule has 1 aromatic carbocycles. The lowest BCUT2D eigenvalue weighted by molar-refractivity contribution is 0.0696. The number of nitrogens with zero attached hydrogens (tertiary/aromatic N) is 1. The highest BCUT2D eigenvalue weighted by molar-refractivity contribution is 5.95. The number of carbonyl (C=O) groups is 1. The Kier molecular flexibility index (Phi) is 2.95. The van der Waals surface area contributed by atoms with E-state index < -0.39 is 5.97 Å². The molecular weight excluding hydrogens is 218 g/mol. The van der Waals surface area contributed by atoms with Gasteiger partial charge in [-0.1, -0.05) is 49.3 Å². The molecule has 0 spiro atoms. The van der Waals surface area contributed by atoms with E-state index in [1.54, 1.807) is 12.1 Å². The van der Waals surface area contributed by atoms with E-state index in [9.17, 15) is 9.90 Å². The largest absolute Gasteiger partial charge is 0.477 e. The van der Waals surface area contributed by atoms with Crippen LogP contribution in [0, 0.1) is 0 Å². The lowest BCUT2D eigenvalue weighted by atomic mass is 10.0. The van der Waals surface area contributed by atoms with Crippen LogP contribution in [0.25, 0.3) is 11.3 Å². The first-order chi connectivity index (χ1) is 8.11. The fourth-order valence-electron chi connectivity index (χ4n) is 1.69. The maximum absolute atomic E-state index is 11.3. The van der Waals surface area contributed by atoms with Crippen molar-refractivity contribution < 1.29 is 14.4 Å². The van der Waals surface area contributed by atoms with Gasteiger partial charge in [0, 0.05) is 5.56 Å². The van der Waals surface area contributed by atoms with Crippen LogP contribution in [0.1, 0.15) is 35.8 Å². The van der Waals surface area contributed by atoms with Crippen molar-refractivity contribution >= 4 is 5.97 Å². The average molecular weight is 231 g/mol. The predicted octanol–water partition coefficient (Wildman–Crippen LogP) is 3.16. The van der Waals surface area contributed by atoms with E-state index in [0.717, 1.165) is 5.56 Å². The summed E-state index contributed by atoms with van der Waals surface area (Å²) in [6.07, 6.45) is 0. The maximum atomic E-state index is 11.3. The SMILES string of the molecule is CC(C)c1noc(-c2ccccc2)c1C(=O)O. The molecule has 0 unspecified atom stereocenters. The minimum absolute atomic E-state index is 0.0160. The highest BCUT2D eigenvalue weighted by Crippen LogP contribution is 2.29. The molecule has 1 aromatic heterocycles. The van der Waals surface area contributed by atoms with Gasteiger partial charge < -0.3 is 9.63 Å². The maximum Gasteiger partial charge on any atom is 0.341 e. The molecule has 0 bridgehead atoms. The quantitative estimate of drug-likeness (QED) is 0.881. The zero-order valence-corrected chi connectivity index (χ0v) is 9.68. The van der Waals surface area contributed by atoms with Crippen molar-refractivity contribution in [1.82, 2.24) is 5.16 Å². The molecule has 0 aliphatic heterocycles. The van der Waals surface area contributed by atoms with Gasteiger partial charge in [-0.3, -0.25) is 0 Å². The Hall–Kier alpha value is -2.10. The van der Waals surface area contributed by atoms with Gasteiger partial charge >= 0.3 is 5.97 Å². The van der Waals surface area contributed by atoms with Crippen LogP contribution in [0.3, 0.4) is 0 Å². The van der Waals surface area contributed by atoms with E-state index in [0.29, 0.717) is 11.5 Å². The summed E-state index contributed by atoms with van der Waals surface area (Å²) in [5.74, 6) is -0.669. The second-order valence-corrected chi connectivity index (χ2v) is 4.10. The van der Waals surface area contributed by atoms with Crippen LogP contribution in [-0.4, -0.2) is 16.2 Å². The van der Waals surface area contributed by atoms with Gasteiger partial charge in [0.05, 0.1) is 0 Å². The Balaban J connectivity index is 2.60. The van der Waals surface area contributed by atoms with Crippen molar-refractivity contribution in [1.29, 1.82) is 0 Å². The van der Waals surface area contributed by atoms with E-state index in [-0.39, 0.29) is 11.5 Å². The molecule has 2 aromatic rings. The highest BCUT2D eigenvalue weighted by atomic mass is 16.5. The van der Waals surface area contributed by atoms with Gasteiger partial charge in [-0.15, -0.1) is 0 Å². The highest BCUT2D eigenvalue weighted by Gasteiger charge is 2.24. The van der Waals surface area contributed by atoms with Gasteiger partial charge in [0.25, 0.3) is 0 Å². The van der Waals surface area contributed by atoms with E-state index in [1.807, 2.05) is 32.0 Å². The Morgan fingerprint density at radius 3 is 2.47 bits per heavy atom. The van der Waals surface area contributed by atoms with Crippen LogP contribution in [0.15, 0.2) is 34.9 Å². The van der Waals surface area contributed by atoms with Crippen LogP contribution >= 0.6 is 0 Å². The van der Waals surface area contributed by atoms with Gasteiger partial charge in [-0.05, 0) is 5.92 Å². The summed E-state index contributed by atoms with van der Waals surface area (Å²) in [4.78, 5) is 11.3. The molecule has 0 atom stereocenters. The summed E-state index contributed by atoms with van der Waals surface area (Å²) in [5.41, 5.74) is 1.37. The van der Waals surface area contributed by atoms with Gasteiger partial charge in [-0.2, -0.15) is 0 Å². The van der Waals surface area contributed by atoms with E-state index in [4.69, 9.17) is 4.52 Å². The molecule has 4 nitrogen and oxygen atoms in total. The van der Waals surface area contributed by atoms with Crippen molar-refractivity contribution in [3.05, 3.63) is 41.6 Å². The number of benzene rings is 1. The number of aromatic nitrogens is 1. The van der Waals surface area contributed by atoms with Crippen molar-refractivity contribution in [2.24, 2.45) is 0 Å². The summed E-state index contributed by atoms with van der Waals surface area (Å²) in [6.45, 7) is 3.78. The summed E-state index contributed by atoms with van der Waals surface area (Å²) in [6, 6.07) is 9.13. The van der Waals surface area contributed by atoms with Crippen LogP contribution in [0.4, 0.5) is 0 Å². The lowest BCUT2D eigenvalue weighted by Crippen LogP contribution is -2.03. The van der Waals surface area contributed by atoms with E-state index in [1.165, 1.54) is 0 Å². The fraction of sp³-hybridized carbons (Fsp3) is 0.231. The molecular formula is C13H13NO3. The molecule has 1 heterocycles. The first-order valence-corrected chi connectivity index (χ1v) is 5.39. The van der Waals surface area contributed by atoms with E-state index in [2.05, 4.69) is 5.16 Å². The second kappa shape index (κ2) is 4.41. The minimum atomic E-state index is -1.01. The van der Waals surface area contributed by atoms with Gasteiger partial charge in [0.1, 0.15) is 11.3 Å². The standard InChI is InChI=1S/C13H13NO3/c1-8(2)11-10(13(15)16)12(17-14-11)9-6-4-3-5-7-9/h3-8H,1-2H3,(H,15,16). The molecule has 0 fully saturated rings. The Labute approximate surface area is 98.9 Å². The normalized spacial score (nSPS) is 10.8. The first kappa shape index (κ1) is 11.4. The van der Waals surface area contributed by atoms with Crippen LogP contribution in [0.5, 0.6) is 0 Å². The third-order valence-electron chi connectivity index (χ3n) is 2.52. The van der Waals surface area contributed by atoms with Crippen molar-refractivity contribution in [3.8, 4) is 11.3 Å². The number of hydrogen-bond acceptors (Lipinski definition) is 3. The predicted molar refractivity (Wildman–Crippen MR) is 63.0 cm³/mol. The van der Waals surface area contributed by atoms with Gasteiger partial charge in [0.2, 0.25) is 0 Å². The topological polar surface area (TPSA) is 63.3 Å². The summed E-state index contributed by atoms with van der Waals surface area (Å²) >= 11 is 0. The number of carboxylic acid groups (broad SMARTS) is 1. The molecule has 0 aliphatic carbocycles. The smallest absolute Gasteiger partial charge is 0.341 e. The van der Waals surface area contributed by atoms with Crippen molar-refractivity contribution in [2.75, 3.05) is 0 Å². The summed E-state index contributed by atoms with van der Waals surface area (Å²) in [5, 5.41) is 13.1. The van der Waals surface area contributed by atoms with Gasteiger partial charge in [-0.25, -0.2) is 4.79 Å². The van der Waals surface area contributed by atoms with Crippen LogP contribution in [-0.2, 0) is 0 Å². The molecule has 4 heteroatoms. The molecule has 2 rings (SSSR count). The monoisotopic (exact) mass is 231 g/mol. The van der Waals surface area contributed by atoms with Gasteiger partial charge in [0.15, 0.2) is 5.76 Å². The van der Waals surface area contributed by atoms with Crippen molar-refractivity contribution in [3.63, 3.8) is 0 Å². The van der Waals surface area contributed by atoms with Crippen LogP contribution in [0.2, 0.25) is 0 Å². The molecule has 0 aliphatic rings. The first-order valence-electron chi connectivity index (χ1n) is 5.39. The average Bonchev–Trinajstić information content (AvgIpc) is 2.74. The Bertz CT molecular complexity index is 529. The minimum Gasteiger partial charge on any atom is -0.477 e. The van der Waals surface area contributed by atoms with Crippen molar-refractivity contribution in [2.45, 2.75) is 19.8 Å². The molecule has 0 radical (unpaired) electrons. The Morgan fingerprint density at radius 1 is 1.29 bits per heavy atom. The molecule has 0 saturated carbocycles. The molecule has 17 heavy (non-hydrogen) atoms. The second-order valence-electron chi connectivity index (χ2n) is 4.10. The third-order valence-corrected chi connectivity index (χ3v) is 2.52.